The van der Waals surface area contributed by atoms with Crippen LogP contribution in [0.4, 0.5) is 0 Å². The van der Waals surface area contributed by atoms with Gasteiger partial charge in [-0.05, 0) is 13.8 Å². The first-order valence-electron chi connectivity index (χ1n) is 3.93. The number of nitrogens with zero attached hydrogens (tertiary/aromatic N) is 3. The quantitative estimate of drug-likeness (QED) is 0.661. The van der Waals surface area contributed by atoms with Gasteiger partial charge in [0.05, 0.1) is 18.8 Å². The molecule has 1 aromatic heterocycles. The van der Waals surface area contributed by atoms with Crippen molar-refractivity contribution in [2.24, 2.45) is 5.73 Å². The van der Waals surface area contributed by atoms with Crippen molar-refractivity contribution in [3.05, 3.63) is 11.9 Å². The fraction of sp³-hybridized carbons (Fsp3) is 0.714. The van der Waals surface area contributed by atoms with E-state index in [9.17, 15) is 0 Å². The van der Waals surface area contributed by atoms with E-state index in [0.29, 0.717) is 5.69 Å². The summed E-state index contributed by atoms with van der Waals surface area (Å²) in [6, 6.07) is -0.144. The van der Waals surface area contributed by atoms with Crippen molar-refractivity contribution in [2.75, 3.05) is 6.61 Å². The van der Waals surface area contributed by atoms with E-state index < -0.39 is 6.04 Å². The molecule has 0 fully saturated rings. The molecule has 0 bridgehead atoms. The summed E-state index contributed by atoms with van der Waals surface area (Å²) >= 11 is 0. The molecule has 0 aliphatic carbocycles. The smallest absolute Gasteiger partial charge is 0.102 e. The molecule has 0 saturated carbocycles. The van der Waals surface area contributed by atoms with Crippen LogP contribution in [0.3, 0.4) is 0 Å². The molecule has 5 heteroatoms. The molecule has 1 aromatic rings. The highest BCUT2D eigenvalue weighted by Gasteiger charge is 2.09. The van der Waals surface area contributed by atoms with Crippen LogP contribution in [0.5, 0.6) is 0 Å². The van der Waals surface area contributed by atoms with Crippen LogP contribution in [0.25, 0.3) is 0 Å². The largest absolute Gasteiger partial charge is 0.394 e. The summed E-state index contributed by atoms with van der Waals surface area (Å²) in [5, 5.41) is 16.4. The van der Waals surface area contributed by atoms with Gasteiger partial charge in [-0.25, -0.2) is 4.68 Å². The van der Waals surface area contributed by atoms with Crippen molar-refractivity contribution in [2.45, 2.75) is 25.9 Å². The van der Waals surface area contributed by atoms with Crippen molar-refractivity contribution in [1.82, 2.24) is 15.0 Å². The van der Waals surface area contributed by atoms with Crippen molar-refractivity contribution >= 4 is 0 Å². The Labute approximate surface area is 71.2 Å². The fourth-order valence-electron chi connectivity index (χ4n) is 0.806. The van der Waals surface area contributed by atoms with Crippen LogP contribution in [0.2, 0.25) is 0 Å². The summed E-state index contributed by atoms with van der Waals surface area (Å²) in [6.45, 7) is 3.91. The van der Waals surface area contributed by atoms with Crippen LogP contribution in [-0.4, -0.2) is 26.7 Å². The zero-order valence-electron chi connectivity index (χ0n) is 7.31. The Kier molecular flexibility index (Phi) is 2.78. The van der Waals surface area contributed by atoms with Crippen LogP contribution < -0.4 is 5.73 Å². The first-order valence-corrected chi connectivity index (χ1v) is 3.93. The van der Waals surface area contributed by atoms with E-state index in [4.69, 9.17) is 10.8 Å². The lowest BCUT2D eigenvalue weighted by Crippen LogP contribution is -2.14. The highest BCUT2D eigenvalue weighted by atomic mass is 16.3. The Balaban J connectivity index is 2.77. The third-order valence-corrected chi connectivity index (χ3v) is 1.63. The first kappa shape index (κ1) is 9.15. The number of nitrogens with two attached hydrogens (primary N) is 1. The van der Waals surface area contributed by atoms with Gasteiger partial charge < -0.3 is 10.8 Å². The number of hydrogen-bond acceptors (Lipinski definition) is 4. The van der Waals surface area contributed by atoms with Crippen LogP contribution in [0.1, 0.15) is 31.6 Å². The van der Waals surface area contributed by atoms with Crippen molar-refractivity contribution < 1.29 is 5.11 Å². The van der Waals surface area contributed by atoms with Crippen molar-refractivity contribution in [3.63, 3.8) is 0 Å². The van der Waals surface area contributed by atoms with Gasteiger partial charge in [-0.1, -0.05) is 5.21 Å². The molecule has 0 aliphatic heterocycles. The molecule has 3 N–H and O–H groups in total. The minimum absolute atomic E-state index is 0.100. The third-order valence-electron chi connectivity index (χ3n) is 1.63. The monoisotopic (exact) mass is 170 g/mol. The summed E-state index contributed by atoms with van der Waals surface area (Å²) in [5.41, 5.74) is 6.17. The normalized spacial score (nSPS) is 13.8. The first-order chi connectivity index (χ1) is 5.65. The molecular formula is C7H14N4O. The molecule has 1 unspecified atom stereocenters. The second-order valence-corrected chi connectivity index (χ2v) is 3.01. The van der Waals surface area contributed by atoms with Gasteiger partial charge >= 0.3 is 0 Å². The lowest BCUT2D eigenvalue weighted by atomic mass is 10.2. The van der Waals surface area contributed by atoms with Gasteiger partial charge in [0.1, 0.15) is 5.69 Å². The Morgan fingerprint density at radius 2 is 2.33 bits per heavy atom. The molecule has 0 radical (unpaired) electrons. The highest BCUT2D eigenvalue weighted by Crippen LogP contribution is 2.07. The van der Waals surface area contributed by atoms with Gasteiger partial charge in [0, 0.05) is 6.04 Å². The van der Waals surface area contributed by atoms with Crippen LogP contribution in [0, 0.1) is 0 Å². The molecule has 12 heavy (non-hydrogen) atoms. The highest BCUT2D eigenvalue weighted by molar-refractivity contribution is 4.99. The summed E-state index contributed by atoms with van der Waals surface area (Å²) in [7, 11) is 0. The lowest BCUT2D eigenvalue weighted by molar-refractivity contribution is 0.266. The molecule has 1 atom stereocenters. The molecule has 0 aromatic carbocycles. The predicted octanol–water partition coefficient (Wildman–Crippen LogP) is -0.149. The topological polar surface area (TPSA) is 77.0 Å². The van der Waals surface area contributed by atoms with Crippen LogP contribution >= 0.6 is 0 Å². The molecule has 0 spiro atoms. The van der Waals surface area contributed by atoms with E-state index in [1.807, 2.05) is 13.8 Å². The van der Waals surface area contributed by atoms with Gasteiger partial charge in [0.15, 0.2) is 0 Å². The van der Waals surface area contributed by atoms with Gasteiger partial charge in [-0.15, -0.1) is 5.10 Å². The van der Waals surface area contributed by atoms with E-state index in [1.165, 1.54) is 0 Å². The number of aliphatic hydroxyl groups is 1. The second-order valence-electron chi connectivity index (χ2n) is 3.01. The number of rotatable bonds is 3. The minimum atomic E-state index is -0.419. The number of aliphatic hydroxyl groups excluding tert-OH is 1. The molecule has 5 nitrogen and oxygen atoms in total. The molecule has 1 heterocycles. The SMILES string of the molecule is CC(C)n1cc(C(N)CO)nn1. The van der Waals surface area contributed by atoms with Gasteiger partial charge in [-0.3, -0.25) is 0 Å². The molecular weight excluding hydrogens is 156 g/mol. The van der Waals surface area contributed by atoms with E-state index in [0.717, 1.165) is 0 Å². The van der Waals surface area contributed by atoms with E-state index in [1.54, 1.807) is 10.9 Å². The predicted molar refractivity (Wildman–Crippen MR) is 44.4 cm³/mol. The van der Waals surface area contributed by atoms with E-state index in [-0.39, 0.29) is 12.6 Å². The van der Waals surface area contributed by atoms with Gasteiger partial charge in [0.25, 0.3) is 0 Å². The molecule has 0 saturated heterocycles. The summed E-state index contributed by atoms with van der Waals surface area (Å²) in [4.78, 5) is 0. The maximum atomic E-state index is 8.73. The van der Waals surface area contributed by atoms with E-state index in [2.05, 4.69) is 10.3 Å². The molecule has 0 amide bonds. The fourth-order valence-corrected chi connectivity index (χ4v) is 0.806. The molecule has 1 rings (SSSR count). The zero-order chi connectivity index (χ0) is 9.14. The summed E-state index contributed by atoms with van der Waals surface area (Å²) in [6.07, 6.45) is 1.76. The van der Waals surface area contributed by atoms with Gasteiger partial charge in [-0.2, -0.15) is 0 Å². The Morgan fingerprint density at radius 1 is 1.67 bits per heavy atom. The average molecular weight is 170 g/mol. The van der Waals surface area contributed by atoms with Crippen LogP contribution in [0.15, 0.2) is 6.20 Å². The Bertz CT molecular complexity index is 245. The maximum absolute atomic E-state index is 8.73. The Hall–Kier alpha value is -0.940. The van der Waals surface area contributed by atoms with Gasteiger partial charge in [0.2, 0.25) is 0 Å². The zero-order valence-corrected chi connectivity index (χ0v) is 7.31. The van der Waals surface area contributed by atoms with E-state index >= 15 is 0 Å². The summed E-state index contributed by atoms with van der Waals surface area (Å²) in [5.74, 6) is 0. The standard InChI is InChI=1S/C7H14N4O/c1-5(2)11-3-7(9-10-11)6(8)4-12/h3,5-6,12H,4,8H2,1-2H3. The maximum Gasteiger partial charge on any atom is 0.102 e. The number of aromatic nitrogens is 3. The van der Waals surface area contributed by atoms with Crippen LogP contribution in [-0.2, 0) is 0 Å². The minimum Gasteiger partial charge on any atom is -0.394 e. The van der Waals surface area contributed by atoms with Crippen molar-refractivity contribution in [1.29, 1.82) is 0 Å². The lowest BCUT2D eigenvalue weighted by Gasteiger charge is -2.03. The average Bonchev–Trinajstić information content (AvgIpc) is 2.51. The second kappa shape index (κ2) is 3.64. The summed E-state index contributed by atoms with van der Waals surface area (Å²) < 4.78 is 1.71. The van der Waals surface area contributed by atoms with Crippen molar-refractivity contribution in [3.8, 4) is 0 Å². The number of hydrogen-bond donors (Lipinski definition) is 2. The molecule has 0 aliphatic rings. The molecule has 68 valence electrons. The Morgan fingerprint density at radius 3 is 2.75 bits per heavy atom. The third kappa shape index (κ3) is 1.80.